The maximum Gasteiger partial charge on any atom is 0.323 e. The molecule has 0 saturated carbocycles. The highest BCUT2D eigenvalue weighted by molar-refractivity contribution is 8.03. The van der Waals surface area contributed by atoms with Crippen LogP contribution in [0.5, 0.6) is 0 Å². The Kier molecular flexibility index (Phi) is 5.70. The molecule has 1 aromatic rings. The number of nitrogens with zero attached hydrogens (tertiary/aromatic N) is 2. The summed E-state index contributed by atoms with van der Waals surface area (Å²) in [6.07, 6.45) is -0.137. The summed E-state index contributed by atoms with van der Waals surface area (Å²) in [4.78, 5) is 23.5. The molecule has 0 unspecified atom stereocenters. The van der Waals surface area contributed by atoms with E-state index < -0.39 is 11.9 Å². The quantitative estimate of drug-likeness (QED) is 0.578. The van der Waals surface area contributed by atoms with E-state index in [0.717, 1.165) is 16.7 Å². The van der Waals surface area contributed by atoms with Crippen LogP contribution in [-0.4, -0.2) is 35.2 Å². The number of hydrogen-bond acceptors (Lipinski definition) is 5. The lowest BCUT2D eigenvalue weighted by atomic mass is 10.2. The van der Waals surface area contributed by atoms with Crippen molar-refractivity contribution < 1.29 is 19.8 Å². The van der Waals surface area contributed by atoms with E-state index in [1.807, 2.05) is 5.40 Å². The highest BCUT2D eigenvalue weighted by Crippen LogP contribution is 2.21. The number of thiocyanates is 1. The van der Waals surface area contributed by atoms with Gasteiger partial charge in [-0.3, -0.25) is 9.59 Å². The standard InChI is InChI=1S/C12H12N2O4S/c13-8-19-10-3-1-9(2-4-10)14(7-12(17)18)6-5-11(15)16/h1-4H,5-7H2,(H,15,16)(H,17,18). The molecule has 19 heavy (non-hydrogen) atoms. The van der Waals surface area contributed by atoms with Crippen molar-refractivity contribution in [3.05, 3.63) is 24.3 Å². The molecule has 0 bridgehead atoms. The van der Waals surface area contributed by atoms with Crippen LogP contribution in [-0.2, 0) is 9.59 Å². The number of thioether (sulfide) groups is 1. The first-order chi connectivity index (χ1) is 9.02. The Morgan fingerprint density at radius 3 is 2.32 bits per heavy atom. The van der Waals surface area contributed by atoms with Crippen LogP contribution in [0.4, 0.5) is 5.69 Å². The van der Waals surface area contributed by atoms with Gasteiger partial charge in [-0.1, -0.05) is 0 Å². The lowest BCUT2D eigenvalue weighted by molar-refractivity contribution is -0.138. The maximum absolute atomic E-state index is 10.8. The van der Waals surface area contributed by atoms with Gasteiger partial charge >= 0.3 is 11.9 Å². The zero-order valence-corrected chi connectivity index (χ0v) is 10.8. The van der Waals surface area contributed by atoms with E-state index >= 15 is 0 Å². The normalized spacial score (nSPS) is 9.63. The van der Waals surface area contributed by atoms with Gasteiger partial charge in [0.05, 0.1) is 6.42 Å². The van der Waals surface area contributed by atoms with Crippen LogP contribution >= 0.6 is 11.8 Å². The van der Waals surface area contributed by atoms with Gasteiger partial charge in [0.1, 0.15) is 11.9 Å². The second-order valence-corrected chi connectivity index (χ2v) is 4.50. The number of rotatable bonds is 7. The molecule has 0 saturated heterocycles. The number of benzene rings is 1. The van der Waals surface area contributed by atoms with Crippen molar-refractivity contribution in [3.8, 4) is 5.40 Å². The lowest BCUT2D eigenvalue weighted by Gasteiger charge is -2.22. The Bertz CT molecular complexity index is 495. The molecular formula is C12H12N2O4S. The highest BCUT2D eigenvalue weighted by Gasteiger charge is 2.12. The Balaban J connectivity index is 2.81. The van der Waals surface area contributed by atoms with Crippen molar-refractivity contribution in [1.82, 2.24) is 0 Å². The first-order valence-corrected chi connectivity index (χ1v) is 6.19. The third kappa shape index (κ3) is 5.31. The molecule has 0 atom stereocenters. The predicted molar refractivity (Wildman–Crippen MR) is 70.0 cm³/mol. The molecule has 100 valence electrons. The van der Waals surface area contributed by atoms with E-state index in [1.54, 1.807) is 24.3 Å². The van der Waals surface area contributed by atoms with Gasteiger partial charge in [0.25, 0.3) is 0 Å². The van der Waals surface area contributed by atoms with Gasteiger partial charge < -0.3 is 15.1 Å². The minimum Gasteiger partial charge on any atom is -0.481 e. The van der Waals surface area contributed by atoms with Crippen molar-refractivity contribution in [1.29, 1.82) is 5.26 Å². The average Bonchev–Trinajstić information content (AvgIpc) is 2.35. The van der Waals surface area contributed by atoms with E-state index in [4.69, 9.17) is 15.5 Å². The molecule has 1 rings (SSSR count). The van der Waals surface area contributed by atoms with Gasteiger partial charge in [-0.15, -0.1) is 0 Å². The summed E-state index contributed by atoms with van der Waals surface area (Å²) >= 11 is 1.00. The fourth-order valence-electron chi connectivity index (χ4n) is 1.47. The molecule has 0 aromatic heterocycles. The number of carboxylic acid groups (broad SMARTS) is 2. The highest BCUT2D eigenvalue weighted by atomic mass is 32.2. The van der Waals surface area contributed by atoms with E-state index in [-0.39, 0.29) is 19.5 Å². The molecule has 0 aliphatic heterocycles. The van der Waals surface area contributed by atoms with Crippen molar-refractivity contribution in [2.75, 3.05) is 18.0 Å². The van der Waals surface area contributed by atoms with E-state index in [1.165, 1.54) is 4.90 Å². The number of aliphatic carboxylic acids is 2. The van der Waals surface area contributed by atoms with Gasteiger partial charge in [-0.05, 0) is 36.0 Å². The summed E-state index contributed by atoms with van der Waals surface area (Å²) in [7, 11) is 0. The number of hydrogen-bond donors (Lipinski definition) is 2. The van der Waals surface area contributed by atoms with Crippen LogP contribution in [0.2, 0.25) is 0 Å². The molecular weight excluding hydrogens is 268 g/mol. The number of anilines is 1. The summed E-state index contributed by atoms with van der Waals surface area (Å²) in [6.45, 7) is -0.148. The van der Waals surface area contributed by atoms with Gasteiger partial charge in [0, 0.05) is 17.1 Å². The van der Waals surface area contributed by atoms with Gasteiger partial charge in [-0.25, -0.2) is 0 Å². The molecule has 6 nitrogen and oxygen atoms in total. The van der Waals surface area contributed by atoms with Crippen molar-refractivity contribution in [3.63, 3.8) is 0 Å². The summed E-state index contributed by atoms with van der Waals surface area (Å²) in [5.74, 6) is -2.01. The van der Waals surface area contributed by atoms with Crippen LogP contribution in [0.15, 0.2) is 29.2 Å². The zero-order chi connectivity index (χ0) is 14.3. The number of carbonyl (C=O) groups is 2. The minimum absolute atomic E-state index is 0.117. The molecule has 0 aliphatic carbocycles. The maximum atomic E-state index is 10.8. The van der Waals surface area contributed by atoms with Gasteiger partial charge in [0.15, 0.2) is 0 Å². The topological polar surface area (TPSA) is 102 Å². The van der Waals surface area contributed by atoms with Gasteiger partial charge in [-0.2, -0.15) is 5.26 Å². The second-order valence-electron chi connectivity index (χ2n) is 3.65. The zero-order valence-electron chi connectivity index (χ0n) is 9.94. The average molecular weight is 280 g/mol. The molecule has 7 heteroatoms. The first kappa shape index (κ1) is 14.9. The van der Waals surface area contributed by atoms with Crippen LogP contribution in [0, 0.1) is 10.7 Å². The molecule has 0 heterocycles. The Morgan fingerprint density at radius 1 is 1.21 bits per heavy atom. The third-order valence-electron chi connectivity index (χ3n) is 2.29. The minimum atomic E-state index is -1.03. The fraction of sp³-hybridized carbons (Fsp3) is 0.250. The van der Waals surface area contributed by atoms with E-state index in [0.29, 0.717) is 5.69 Å². The summed E-state index contributed by atoms with van der Waals surface area (Å²) in [6, 6.07) is 6.73. The largest absolute Gasteiger partial charge is 0.481 e. The molecule has 1 aromatic carbocycles. The van der Waals surface area contributed by atoms with E-state index in [9.17, 15) is 9.59 Å². The Labute approximate surface area is 114 Å². The van der Waals surface area contributed by atoms with Crippen molar-refractivity contribution >= 4 is 29.4 Å². The monoisotopic (exact) mass is 280 g/mol. The number of carboxylic acids is 2. The number of nitriles is 1. The second kappa shape index (κ2) is 7.28. The SMILES string of the molecule is N#CSc1ccc(N(CCC(=O)O)CC(=O)O)cc1. The van der Waals surface area contributed by atoms with Crippen molar-refractivity contribution in [2.45, 2.75) is 11.3 Å². The predicted octanol–water partition coefficient (Wildman–Crippen LogP) is 1.63. The third-order valence-corrected chi connectivity index (χ3v) is 2.89. The lowest BCUT2D eigenvalue weighted by Crippen LogP contribution is -2.31. The first-order valence-electron chi connectivity index (χ1n) is 5.37. The van der Waals surface area contributed by atoms with Crippen LogP contribution in [0.1, 0.15) is 6.42 Å². The van der Waals surface area contributed by atoms with Crippen molar-refractivity contribution in [2.24, 2.45) is 0 Å². The molecule has 0 amide bonds. The molecule has 2 N–H and O–H groups in total. The van der Waals surface area contributed by atoms with Crippen LogP contribution in [0.25, 0.3) is 0 Å². The molecule has 0 fully saturated rings. The summed E-state index contributed by atoms with van der Waals surface area (Å²) in [5.41, 5.74) is 0.617. The smallest absolute Gasteiger partial charge is 0.323 e. The summed E-state index contributed by atoms with van der Waals surface area (Å²) < 4.78 is 0. The van der Waals surface area contributed by atoms with Crippen LogP contribution in [0.3, 0.4) is 0 Å². The molecule has 0 spiro atoms. The summed E-state index contributed by atoms with van der Waals surface area (Å²) in [5, 5.41) is 27.9. The van der Waals surface area contributed by atoms with Gasteiger partial charge in [0.2, 0.25) is 0 Å². The Morgan fingerprint density at radius 2 is 1.84 bits per heavy atom. The Hall–Kier alpha value is -2.20. The van der Waals surface area contributed by atoms with E-state index in [2.05, 4.69) is 0 Å². The molecule has 0 radical (unpaired) electrons. The molecule has 0 aliphatic rings. The fourth-order valence-corrected chi connectivity index (χ4v) is 1.85. The van der Waals surface area contributed by atoms with Crippen LogP contribution < -0.4 is 4.90 Å².